The van der Waals surface area contributed by atoms with Crippen LogP contribution in [0.4, 0.5) is 13.2 Å². The van der Waals surface area contributed by atoms with Crippen LogP contribution in [0.3, 0.4) is 0 Å². The van der Waals surface area contributed by atoms with Crippen molar-refractivity contribution in [2.24, 2.45) is 10.9 Å². The standard InChI is InChI=1S/C24H28F3N3O3S/c25-24(26,27)33-18-10-12-19(13-11-18)34(32)29-15-4-3-6-17(16-31)30-22-9-2-1-7-20(22)21-8-5-14-28-23(21)30/h5,7-14,17,21,23,29,31H,1-4,6,15-16H2. The van der Waals surface area contributed by atoms with Gasteiger partial charge in [0.1, 0.15) is 11.9 Å². The number of rotatable bonds is 10. The maximum atomic E-state index is 12.4. The molecule has 0 radical (unpaired) electrons. The third kappa shape index (κ3) is 5.86. The van der Waals surface area contributed by atoms with Crippen LogP contribution in [0.25, 0.3) is 0 Å². The Morgan fingerprint density at radius 2 is 1.97 bits per heavy atom. The summed E-state index contributed by atoms with van der Waals surface area (Å²) in [6.45, 7) is 0.505. The lowest BCUT2D eigenvalue weighted by molar-refractivity contribution is -0.274. The van der Waals surface area contributed by atoms with Crippen LogP contribution in [0.5, 0.6) is 5.75 Å². The van der Waals surface area contributed by atoms with Gasteiger partial charge in [-0.1, -0.05) is 18.2 Å². The molecule has 0 bridgehead atoms. The number of aliphatic hydroxyl groups is 1. The second-order valence-electron chi connectivity index (χ2n) is 8.37. The predicted octanol–water partition coefficient (Wildman–Crippen LogP) is 4.23. The summed E-state index contributed by atoms with van der Waals surface area (Å²) < 4.78 is 55.9. The minimum absolute atomic E-state index is 0.0207. The third-order valence-electron chi connectivity index (χ3n) is 6.12. The van der Waals surface area contributed by atoms with Gasteiger partial charge in [0.2, 0.25) is 0 Å². The molecule has 2 heterocycles. The van der Waals surface area contributed by atoms with Gasteiger partial charge in [-0.15, -0.1) is 17.9 Å². The van der Waals surface area contributed by atoms with Gasteiger partial charge in [0.15, 0.2) is 4.90 Å². The zero-order valence-corrected chi connectivity index (χ0v) is 19.4. The Morgan fingerprint density at radius 1 is 1.21 bits per heavy atom. The number of unbranched alkanes of at least 4 members (excludes halogenated alkanes) is 1. The fraction of sp³-hybridized carbons (Fsp3) is 0.458. The van der Waals surface area contributed by atoms with E-state index in [1.807, 2.05) is 12.3 Å². The van der Waals surface area contributed by atoms with Gasteiger partial charge in [0, 0.05) is 24.4 Å². The van der Waals surface area contributed by atoms with E-state index < -0.39 is 17.7 Å². The van der Waals surface area contributed by atoms with E-state index >= 15 is 0 Å². The maximum Gasteiger partial charge on any atom is 0.573 e. The maximum absolute atomic E-state index is 12.4. The number of aliphatic hydroxyl groups excluding tert-OH is 1. The summed E-state index contributed by atoms with van der Waals surface area (Å²) in [5, 5.41) is 10.2. The fourth-order valence-corrected chi connectivity index (χ4v) is 5.52. The number of hydrogen-bond donors (Lipinski definition) is 2. The van der Waals surface area contributed by atoms with E-state index in [9.17, 15) is 22.8 Å². The first-order valence-corrected chi connectivity index (χ1v) is 12.5. The lowest BCUT2D eigenvalue weighted by Gasteiger charge is -2.34. The van der Waals surface area contributed by atoms with E-state index in [1.54, 1.807) is 0 Å². The summed E-state index contributed by atoms with van der Waals surface area (Å²) in [5.41, 5.74) is 2.48. The number of benzene rings is 1. The highest BCUT2D eigenvalue weighted by molar-refractivity contribution is 7.89. The average molecular weight is 496 g/mol. The number of likely N-dealkylation sites (tertiary alicyclic amines) is 1. The summed E-state index contributed by atoms with van der Waals surface area (Å²) in [6, 6.07) is 4.92. The molecule has 2 aliphatic heterocycles. The number of aliphatic imine (C=N–C) groups is 1. The number of dihydropyridines is 1. The number of allylic oxidation sites excluding steroid dienone is 4. The molecule has 1 aromatic rings. The molecule has 10 heteroatoms. The molecule has 1 saturated heterocycles. The lowest BCUT2D eigenvalue weighted by atomic mass is 9.93. The largest absolute Gasteiger partial charge is 0.593 e. The van der Waals surface area contributed by atoms with Gasteiger partial charge in [-0.25, -0.2) is 0 Å². The number of hydrogen-bond acceptors (Lipinski definition) is 6. The molecule has 4 unspecified atom stereocenters. The minimum Gasteiger partial charge on any atom is -0.593 e. The summed E-state index contributed by atoms with van der Waals surface area (Å²) in [4.78, 5) is 7.32. The smallest absolute Gasteiger partial charge is 0.573 e. The molecule has 34 heavy (non-hydrogen) atoms. The second kappa shape index (κ2) is 11.0. The van der Waals surface area contributed by atoms with Crippen LogP contribution in [0, 0.1) is 5.92 Å². The molecule has 0 aromatic heterocycles. The van der Waals surface area contributed by atoms with E-state index in [0.717, 1.165) is 44.2 Å². The van der Waals surface area contributed by atoms with Crippen molar-refractivity contribution in [1.29, 1.82) is 0 Å². The van der Waals surface area contributed by atoms with Crippen LogP contribution >= 0.6 is 0 Å². The van der Waals surface area contributed by atoms with Crippen LogP contribution in [0.15, 0.2) is 69.7 Å². The summed E-state index contributed by atoms with van der Waals surface area (Å²) in [7, 11) is 0. The van der Waals surface area contributed by atoms with E-state index in [1.165, 1.54) is 23.4 Å². The van der Waals surface area contributed by atoms with Gasteiger partial charge in [-0.3, -0.25) is 4.99 Å². The number of nitrogens with one attached hydrogen (secondary N) is 1. The van der Waals surface area contributed by atoms with Crippen LogP contribution in [-0.4, -0.2) is 52.5 Å². The summed E-state index contributed by atoms with van der Waals surface area (Å²) >= 11 is -1.53. The van der Waals surface area contributed by atoms with Crippen LogP contribution in [0.2, 0.25) is 0 Å². The summed E-state index contributed by atoms with van der Waals surface area (Å²) in [5.74, 6) is -0.126. The van der Waals surface area contributed by atoms with Crippen molar-refractivity contribution in [3.8, 4) is 5.75 Å². The van der Waals surface area contributed by atoms with Crippen LogP contribution in [0.1, 0.15) is 32.1 Å². The van der Waals surface area contributed by atoms with Gasteiger partial charge >= 0.3 is 6.36 Å². The summed E-state index contributed by atoms with van der Waals surface area (Å²) in [6.07, 6.45) is 10.1. The van der Waals surface area contributed by atoms with Gasteiger partial charge in [0.05, 0.1) is 24.0 Å². The molecule has 1 fully saturated rings. The number of alkyl halides is 3. The average Bonchev–Trinajstić information content (AvgIpc) is 3.15. The van der Waals surface area contributed by atoms with E-state index in [0.29, 0.717) is 11.4 Å². The predicted molar refractivity (Wildman–Crippen MR) is 124 cm³/mol. The second-order valence-corrected chi connectivity index (χ2v) is 9.67. The van der Waals surface area contributed by atoms with Crippen molar-refractivity contribution >= 4 is 17.6 Å². The molecule has 184 valence electrons. The molecule has 0 spiro atoms. The van der Waals surface area contributed by atoms with Gasteiger partial charge < -0.3 is 19.3 Å². The minimum atomic E-state index is -4.76. The molecular formula is C24H28F3N3O3S. The first-order chi connectivity index (χ1) is 16.4. The molecule has 0 amide bonds. The Hall–Kier alpha value is -2.27. The normalized spacial score (nSPS) is 23.1. The van der Waals surface area contributed by atoms with Crippen molar-refractivity contribution in [2.45, 2.75) is 55.6 Å². The zero-order valence-electron chi connectivity index (χ0n) is 18.6. The zero-order chi connectivity index (χ0) is 24.1. The molecule has 4 atom stereocenters. The van der Waals surface area contributed by atoms with Crippen LogP contribution in [-0.2, 0) is 11.4 Å². The Kier molecular flexibility index (Phi) is 8.02. The molecule has 3 aliphatic rings. The topological polar surface area (TPSA) is 80.1 Å². The Balaban J connectivity index is 1.25. The number of nitrogens with zero attached hydrogens (tertiary/aromatic N) is 2. The Labute approximate surface area is 200 Å². The molecule has 6 nitrogen and oxygen atoms in total. The molecular weight excluding hydrogens is 467 g/mol. The number of halogens is 3. The van der Waals surface area contributed by atoms with Gasteiger partial charge in [0.25, 0.3) is 0 Å². The van der Waals surface area contributed by atoms with E-state index in [-0.39, 0.29) is 30.5 Å². The first-order valence-electron chi connectivity index (χ1n) is 11.4. The van der Waals surface area contributed by atoms with E-state index in [2.05, 4.69) is 32.6 Å². The Bertz CT molecular complexity index is 962. The quantitative estimate of drug-likeness (QED) is 0.375. The Morgan fingerprint density at radius 3 is 2.71 bits per heavy atom. The number of ether oxygens (including phenoxy) is 1. The molecule has 4 rings (SSSR count). The van der Waals surface area contributed by atoms with Crippen molar-refractivity contribution in [3.05, 3.63) is 59.8 Å². The SMILES string of the molecule is [O-][S+](NCCCCC(CO)N1C2=CCCC=C2C2C=CC=NC21)c1ccc(OC(F)(F)F)cc1. The van der Waals surface area contributed by atoms with Crippen molar-refractivity contribution in [1.82, 2.24) is 9.62 Å². The number of fused-ring (bicyclic) bond motifs is 3. The van der Waals surface area contributed by atoms with Crippen molar-refractivity contribution < 1.29 is 27.6 Å². The van der Waals surface area contributed by atoms with Crippen molar-refractivity contribution in [2.75, 3.05) is 13.2 Å². The highest BCUT2D eigenvalue weighted by atomic mass is 32.2. The first kappa shape index (κ1) is 24.8. The fourth-order valence-electron chi connectivity index (χ4n) is 4.64. The molecule has 2 N–H and O–H groups in total. The van der Waals surface area contributed by atoms with Crippen LogP contribution < -0.4 is 9.46 Å². The lowest BCUT2D eigenvalue weighted by Crippen LogP contribution is -2.41. The monoisotopic (exact) mass is 495 g/mol. The third-order valence-corrected chi connectivity index (χ3v) is 7.29. The molecule has 1 aliphatic carbocycles. The van der Waals surface area contributed by atoms with Gasteiger partial charge in [-0.2, -0.15) is 0 Å². The highest BCUT2D eigenvalue weighted by Crippen LogP contribution is 2.44. The molecule has 1 aromatic carbocycles. The van der Waals surface area contributed by atoms with Crippen molar-refractivity contribution in [3.63, 3.8) is 0 Å². The van der Waals surface area contributed by atoms with Gasteiger partial charge in [-0.05, 0) is 68.0 Å². The highest BCUT2D eigenvalue weighted by Gasteiger charge is 2.43. The molecule has 0 saturated carbocycles. The van der Waals surface area contributed by atoms with E-state index in [4.69, 9.17) is 4.99 Å².